The summed E-state index contributed by atoms with van der Waals surface area (Å²) >= 11 is 1.34. The number of hydrogen-bond donors (Lipinski definition) is 1. The van der Waals surface area contributed by atoms with E-state index < -0.39 is 11.7 Å². The van der Waals surface area contributed by atoms with Crippen LogP contribution in [-0.2, 0) is 12.6 Å². The van der Waals surface area contributed by atoms with Gasteiger partial charge in [-0.15, -0.1) is 11.8 Å². The summed E-state index contributed by atoms with van der Waals surface area (Å²) in [5.41, 5.74) is 6.12. The van der Waals surface area contributed by atoms with E-state index in [0.29, 0.717) is 17.9 Å². The topological polar surface area (TPSA) is 26.0 Å². The second-order valence-electron chi connectivity index (χ2n) is 5.27. The average Bonchev–Trinajstić information content (AvgIpc) is 3.15. The molecule has 0 bridgehead atoms. The first-order valence-corrected chi connectivity index (χ1v) is 7.56. The van der Waals surface area contributed by atoms with E-state index in [1.165, 1.54) is 23.9 Å². The van der Waals surface area contributed by atoms with Crippen LogP contribution in [0, 0.1) is 5.41 Å². The smallest absolute Gasteiger partial charge is 0.330 e. The first-order chi connectivity index (χ1) is 8.88. The fourth-order valence-corrected chi connectivity index (χ4v) is 2.74. The summed E-state index contributed by atoms with van der Waals surface area (Å²) in [6.45, 7) is 0.640. The minimum Gasteiger partial charge on any atom is -0.330 e. The lowest BCUT2D eigenvalue weighted by atomic mass is 9.96. The molecule has 2 N–H and O–H groups in total. The summed E-state index contributed by atoms with van der Waals surface area (Å²) in [5.74, 6) is 0. The van der Waals surface area contributed by atoms with Gasteiger partial charge in [-0.2, -0.15) is 13.2 Å². The zero-order chi connectivity index (χ0) is 14.1. The first kappa shape index (κ1) is 14.7. The van der Waals surface area contributed by atoms with Crippen LogP contribution < -0.4 is 5.73 Å². The molecule has 1 saturated carbocycles. The van der Waals surface area contributed by atoms with Crippen molar-refractivity contribution >= 4 is 11.8 Å². The second kappa shape index (κ2) is 5.37. The van der Waals surface area contributed by atoms with Crippen LogP contribution in [0.5, 0.6) is 0 Å². The SMILES string of the molecule is CSc1cc(CCC2(CN)CC2)cc(C(F)(F)F)c1. The van der Waals surface area contributed by atoms with E-state index in [2.05, 4.69) is 0 Å². The highest BCUT2D eigenvalue weighted by Crippen LogP contribution is 2.48. The normalized spacial score (nSPS) is 17.5. The lowest BCUT2D eigenvalue weighted by Crippen LogP contribution is -2.16. The molecule has 1 aromatic rings. The Kier molecular flexibility index (Phi) is 4.16. The molecule has 1 aliphatic rings. The van der Waals surface area contributed by atoms with E-state index in [9.17, 15) is 13.2 Å². The van der Waals surface area contributed by atoms with Crippen molar-refractivity contribution in [3.8, 4) is 0 Å². The molecule has 5 heteroatoms. The predicted molar refractivity (Wildman–Crippen MR) is 72.3 cm³/mol. The van der Waals surface area contributed by atoms with Gasteiger partial charge in [0.05, 0.1) is 5.56 Å². The van der Waals surface area contributed by atoms with Crippen LogP contribution in [0.3, 0.4) is 0 Å². The largest absolute Gasteiger partial charge is 0.416 e. The van der Waals surface area contributed by atoms with E-state index in [4.69, 9.17) is 5.73 Å². The Morgan fingerprint density at radius 3 is 2.42 bits per heavy atom. The number of alkyl halides is 3. The molecule has 0 amide bonds. The number of nitrogens with two attached hydrogens (primary N) is 1. The molecule has 0 saturated heterocycles. The zero-order valence-electron chi connectivity index (χ0n) is 10.9. The van der Waals surface area contributed by atoms with Gasteiger partial charge < -0.3 is 5.73 Å². The maximum absolute atomic E-state index is 12.8. The van der Waals surface area contributed by atoms with E-state index in [0.717, 1.165) is 24.8 Å². The third kappa shape index (κ3) is 3.66. The van der Waals surface area contributed by atoms with Crippen LogP contribution in [0.2, 0.25) is 0 Å². The lowest BCUT2D eigenvalue weighted by molar-refractivity contribution is -0.137. The van der Waals surface area contributed by atoms with Gasteiger partial charge in [-0.1, -0.05) is 0 Å². The van der Waals surface area contributed by atoms with Gasteiger partial charge in [0.15, 0.2) is 0 Å². The Hall–Kier alpha value is -0.680. The fraction of sp³-hybridized carbons (Fsp3) is 0.571. The molecular weight excluding hydrogens is 271 g/mol. The van der Waals surface area contributed by atoms with Crippen molar-refractivity contribution in [2.45, 2.75) is 36.8 Å². The van der Waals surface area contributed by atoms with Gasteiger partial charge >= 0.3 is 6.18 Å². The van der Waals surface area contributed by atoms with Crippen LogP contribution in [0.1, 0.15) is 30.4 Å². The van der Waals surface area contributed by atoms with E-state index >= 15 is 0 Å². The highest BCUT2D eigenvalue weighted by Gasteiger charge is 2.40. The zero-order valence-corrected chi connectivity index (χ0v) is 11.7. The molecule has 1 aliphatic carbocycles. The molecule has 0 atom stereocenters. The number of benzene rings is 1. The number of aryl methyl sites for hydroxylation is 1. The average molecular weight is 289 g/mol. The second-order valence-corrected chi connectivity index (χ2v) is 6.15. The summed E-state index contributed by atoms with van der Waals surface area (Å²) in [6, 6.07) is 4.34. The van der Waals surface area contributed by atoms with Gasteiger partial charge in [0.25, 0.3) is 0 Å². The molecule has 1 aromatic carbocycles. The van der Waals surface area contributed by atoms with Crippen LogP contribution in [-0.4, -0.2) is 12.8 Å². The molecule has 0 heterocycles. The maximum Gasteiger partial charge on any atom is 0.416 e. The number of halogens is 3. The number of rotatable bonds is 5. The Balaban J connectivity index is 2.15. The number of hydrogen-bond acceptors (Lipinski definition) is 2. The van der Waals surface area contributed by atoms with E-state index in [1.54, 1.807) is 6.26 Å². The Bertz CT molecular complexity index is 452. The maximum atomic E-state index is 12.8. The van der Waals surface area contributed by atoms with E-state index in [-0.39, 0.29) is 5.41 Å². The van der Waals surface area contributed by atoms with Crippen molar-refractivity contribution in [3.63, 3.8) is 0 Å². The molecule has 106 valence electrons. The van der Waals surface area contributed by atoms with Crippen LogP contribution in [0.15, 0.2) is 23.1 Å². The van der Waals surface area contributed by atoms with Gasteiger partial charge in [0, 0.05) is 4.90 Å². The quantitative estimate of drug-likeness (QED) is 0.826. The van der Waals surface area contributed by atoms with E-state index in [1.807, 2.05) is 6.07 Å². The molecule has 19 heavy (non-hydrogen) atoms. The van der Waals surface area contributed by atoms with Crippen molar-refractivity contribution in [2.75, 3.05) is 12.8 Å². The summed E-state index contributed by atoms with van der Waals surface area (Å²) in [6.07, 6.45) is 1.30. The predicted octanol–water partition coefficient (Wildman–Crippen LogP) is 4.10. The van der Waals surface area contributed by atoms with Crippen LogP contribution >= 0.6 is 11.8 Å². The molecule has 1 fully saturated rings. The van der Waals surface area contributed by atoms with Gasteiger partial charge in [-0.05, 0) is 67.7 Å². The van der Waals surface area contributed by atoms with Crippen molar-refractivity contribution in [3.05, 3.63) is 29.3 Å². The van der Waals surface area contributed by atoms with Crippen molar-refractivity contribution in [2.24, 2.45) is 11.1 Å². The highest BCUT2D eigenvalue weighted by molar-refractivity contribution is 7.98. The van der Waals surface area contributed by atoms with Crippen LogP contribution in [0.4, 0.5) is 13.2 Å². The summed E-state index contributed by atoms with van der Waals surface area (Å²) in [4.78, 5) is 0.669. The van der Waals surface area contributed by atoms with Gasteiger partial charge in [0.2, 0.25) is 0 Å². The summed E-state index contributed by atoms with van der Waals surface area (Å²) in [5, 5.41) is 0. The first-order valence-electron chi connectivity index (χ1n) is 6.34. The van der Waals surface area contributed by atoms with Crippen LogP contribution in [0.25, 0.3) is 0 Å². The Morgan fingerprint density at radius 2 is 1.95 bits per heavy atom. The van der Waals surface area contributed by atoms with Crippen molar-refractivity contribution < 1.29 is 13.2 Å². The summed E-state index contributed by atoms with van der Waals surface area (Å²) < 4.78 is 38.4. The molecule has 0 radical (unpaired) electrons. The van der Waals surface area contributed by atoms with Gasteiger partial charge in [0.1, 0.15) is 0 Å². The molecule has 0 spiro atoms. The molecule has 1 nitrogen and oxygen atoms in total. The molecule has 0 unspecified atom stereocenters. The highest BCUT2D eigenvalue weighted by atomic mass is 32.2. The molecule has 2 rings (SSSR count). The third-order valence-corrected chi connectivity index (χ3v) is 4.57. The number of thioether (sulfide) groups is 1. The molecular formula is C14H18F3NS. The Morgan fingerprint density at radius 1 is 1.26 bits per heavy atom. The van der Waals surface area contributed by atoms with Crippen molar-refractivity contribution in [1.29, 1.82) is 0 Å². The molecule has 0 aromatic heterocycles. The minimum atomic E-state index is -4.27. The minimum absolute atomic E-state index is 0.202. The van der Waals surface area contributed by atoms with Crippen molar-refractivity contribution in [1.82, 2.24) is 0 Å². The standard InChI is InChI=1S/C14H18F3NS/c1-19-12-7-10(2-3-13(9-18)4-5-13)6-11(8-12)14(15,16)17/h6-8H,2-5,9,18H2,1H3. The van der Waals surface area contributed by atoms with Gasteiger partial charge in [-0.3, -0.25) is 0 Å². The summed E-state index contributed by atoms with van der Waals surface area (Å²) in [7, 11) is 0. The lowest BCUT2D eigenvalue weighted by Gasteiger charge is -2.14. The Labute approximate surface area is 115 Å². The third-order valence-electron chi connectivity index (χ3n) is 3.86. The molecule has 0 aliphatic heterocycles. The monoisotopic (exact) mass is 289 g/mol. The van der Waals surface area contributed by atoms with Gasteiger partial charge in [-0.25, -0.2) is 0 Å². The fourth-order valence-electron chi connectivity index (χ4n) is 2.23.